The van der Waals surface area contributed by atoms with E-state index in [2.05, 4.69) is 88.2 Å². The van der Waals surface area contributed by atoms with Crippen LogP contribution in [0.25, 0.3) is 6.08 Å². The van der Waals surface area contributed by atoms with Crippen molar-refractivity contribution in [1.29, 1.82) is 0 Å². The van der Waals surface area contributed by atoms with Crippen molar-refractivity contribution in [3.05, 3.63) is 89.3 Å². The van der Waals surface area contributed by atoms with Gasteiger partial charge in [0.25, 0.3) is 0 Å². The van der Waals surface area contributed by atoms with Crippen LogP contribution in [0.15, 0.2) is 66.7 Å². The molecule has 21 heavy (non-hydrogen) atoms. The van der Waals surface area contributed by atoms with Crippen molar-refractivity contribution in [1.82, 2.24) is 15.4 Å². The summed E-state index contributed by atoms with van der Waals surface area (Å²) in [6.07, 6.45) is 5.15. The van der Waals surface area contributed by atoms with Crippen molar-refractivity contribution in [2.24, 2.45) is 0 Å². The van der Waals surface area contributed by atoms with Gasteiger partial charge in [0.2, 0.25) is 0 Å². The first-order chi connectivity index (χ1) is 10.4. The molecule has 0 bridgehead atoms. The Labute approximate surface area is 123 Å². The summed E-state index contributed by atoms with van der Waals surface area (Å²) in [5.74, 6) is 0. The number of nitrogens with one attached hydrogen (secondary N) is 1. The van der Waals surface area contributed by atoms with Gasteiger partial charge in [-0.15, -0.1) is 0 Å². The van der Waals surface area contributed by atoms with Crippen LogP contribution in [0, 0.1) is 0 Å². The van der Waals surface area contributed by atoms with Crippen LogP contribution in [-0.4, -0.2) is 15.4 Å². The molecule has 1 aliphatic rings. The fraction of sp³-hybridized carbons (Fsp3) is 0.111. The summed E-state index contributed by atoms with van der Waals surface area (Å²) in [6, 6.07) is 21.2. The SMILES string of the molecule is C1=CC(c2ccccc2)(c2ccccc2)Cc2n[nH]nc21. The van der Waals surface area contributed by atoms with E-state index in [0.717, 1.165) is 17.8 Å². The summed E-state index contributed by atoms with van der Waals surface area (Å²) in [5.41, 5.74) is 4.34. The molecule has 1 aromatic heterocycles. The van der Waals surface area contributed by atoms with Crippen LogP contribution in [-0.2, 0) is 11.8 Å². The molecule has 0 aliphatic heterocycles. The van der Waals surface area contributed by atoms with Crippen LogP contribution in [0.1, 0.15) is 22.5 Å². The minimum atomic E-state index is -0.174. The van der Waals surface area contributed by atoms with E-state index in [-0.39, 0.29) is 5.41 Å². The number of allylic oxidation sites excluding steroid dienone is 1. The molecule has 1 N–H and O–H groups in total. The maximum atomic E-state index is 4.32. The normalized spacial score (nSPS) is 15.6. The Morgan fingerprint density at radius 1 is 0.810 bits per heavy atom. The molecule has 3 nitrogen and oxygen atoms in total. The number of rotatable bonds is 2. The van der Waals surface area contributed by atoms with Gasteiger partial charge in [-0.25, -0.2) is 0 Å². The first-order valence-electron chi connectivity index (χ1n) is 7.08. The van der Waals surface area contributed by atoms with Gasteiger partial charge in [0, 0.05) is 11.8 Å². The summed E-state index contributed by atoms with van der Waals surface area (Å²) < 4.78 is 0. The molecule has 2 aromatic carbocycles. The van der Waals surface area contributed by atoms with Gasteiger partial charge < -0.3 is 0 Å². The Bertz CT molecular complexity index is 733. The first-order valence-corrected chi connectivity index (χ1v) is 7.08. The van der Waals surface area contributed by atoms with E-state index in [0.29, 0.717) is 0 Å². The Balaban J connectivity index is 1.93. The van der Waals surface area contributed by atoms with E-state index >= 15 is 0 Å². The average Bonchev–Trinajstić information content (AvgIpc) is 3.03. The number of H-pyrrole nitrogens is 1. The van der Waals surface area contributed by atoms with Crippen molar-refractivity contribution in [3.63, 3.8) is 0 Å². The van der Waals surface area contributed by atoms with Crippen molar-refractivity contribution in [2.75, 3.05) is 0 Å². The van der Waals surface area contributed by atoms with Crippen molar-refractivity contribution >= 4 is 6.08 Å². The summed E-state index contributed by atoms with van der Waals surface area (Å²) in [7, 11) is 0. The van der Waals surface area contributed by atoms with E-state index in [1.54, 1.807) is 0 Å². The van der Waals surface area contributed by atoms with Crippen LogP contribution in [0.5, 0.6) is 0 Å². The van der Waals surface area contributed by atoms with Crippen LogP contribution in [0.4, 0.5) is 0 Å². The Morgan fingerprint density at radius 2 is 1.43 bits per heavy atom. The highest BCUT2D eigenvalue weighted by molar-refractivity contribution is 5.60. The highest BCUT2D eigenvalue weighted by Gasteiger charge is 2.36. The third-order valence-electron chi connectivity index (χ3n) is 4.20. The number of aromatic nitrogens is 3. The fourth-order valence-electron chi connectivity index (χ4n) is 3.10. The van der Waals surface area contributed by atoms with Gasteiger partial charge in [-0.3, -0.25) is 0 Å². The molecule has 0 saturated heterocycles. The molecule has 0 fully saturated rings. The van der Waals surface area contributed by atoms with Gasteiger partial charge in [0.1, 0.15) is 5.69 Å². The second kappa shape index (κ2) is 4.70. The van der Waals surface area contributed by atoms with Crippen molar-refractivity contribution < 1.29 is 0 Å². The molecule has 0 unspecified atom stereocenters. The maximum Gasteiger partial charge on any atom is 0.108 e. The fourth-order valence-corrected chi connectivity index (χ4v) is 3.10. The largest absolute Gasteiger partial charge is 0.197 e. The molecular weight excluding hydrogens is 258 g/mol. The minimum Gasteiger partial charge on any atom is -0.197 e. The van der Waals surface area contributed by atoms with E-state index in [1.807, 2.05) is 0 Å². The number of hydrogen-bond donors (Lipinski definition) is 1. The average molecular weight is 273 g/mol. The molecule has 4 rings (SSSR count). The molecule has 0 atom stereocenters. The number of hydrogen-bond acceptors (Lipinski definition) is 2. The number of nitrogens with zero attached hydrogens (tertiary/aromatic N) is 2. The molecule has 0 radical (unpaired) electrons. The number of benzene rings is 2. The lowest BCUT2D eigenvalue weighted by molar-refractivity contribution is 0.620. The lowest BCUT2D eigenvalue weighted by atomic mass is 9.69. The quantitative estimate of drug-likeness (QED) is 0.778. The Kier molecular flexibility index (Phi) is 2.71. The van der Waals surface area contributed by atoms with Gasteiger partial charge in [0.05, 0.1) is 5.69 Å². The summed E-state index contributed by atoms with van der Waals surface area (Å²) in [4.78, 5) is 0. The molecule has 1 heterocycles. The zero-order chi connectivity index (χ0) is 14.1. The second-order valence-electron chi connectivity index (χ2n) is 5.37. The molecule has 1 aliphatic carbocycles. The van der Waals surface area contributed by atoms with E-state index in [1.165, 1.54) is 11.1 Å². The van der Waals surface area contributed by atoms with Crippen molar-refractivity contribution in [2.45, 2.75) is 11.8 Å². The van der Waals surface area contributed by atoms with Crippen molar-refractivity contribution in [3.8, 4) is 0 Å². The maximum absolute atomic E-state index is 4.32. The summed E-state index contributed by atoms with van der Waals surface area (Å²) in [5, 5.41) is 11.2. The molecular formula is C18H15N3. The van der Waals surface area contributed by atoms with E-state index in [4.69, 9.17) is 0 Å². The predicted octanol–water partition coefficient (Wildman–Crippen LogP) is 3.36. The molecule has 3 heteroatoms. The molecule has 0 amide bonds. The van der Waals surface area contributed by atoms with E-state index < -0.39 is 0 Å². The smallest absolute Gasteiger partial charge is 0.108 e. The topological polar surface area (TPSA) is 41.6 Å². The third kappa shape index (κ3) is 1.89. The van der Waals surface area contributed by atoms with Gasteiger partial charge >= 0.3 is 0 Å². The molecule has 102 valence electrons. The Hall–Kier alpha value is -2.68. The lowest BCUT2D eigenvalue weighted by Gasteiger charge is -2.33. The number of aromatic amines is 1. The first kappa shape index (κ1) is 12.1. The predicted molar refractivity (Wildman–Crippen MR) is 82.8 cm³/mol. The number of fused-ring (bicyclic) bond motifs is 1. The lowest BCUT2D eigenvalue weighted by Crippen LogP contribution is -2.30. The van der Waals surface area contributed by atoms with E-state index in [9.17, 15) is 0 Å². The third-order valence-corrected chi connectivity index (χ3v) is 4.20. The van der Waals surface area contributed by atoms with Gasteiger partial charge in [-0.05, 0) is 17.2 Å². The highest BCUT2D eigenvalue weighted by Crippen LogP contribution is 2.40. The minimum absolute atomic E-state index is 0.174. The Morgan fingerprint density at radius 3 is 2.05 bits per heavy atom. The summed E-state index contributed by atoms with van der Waals surface area (Å²) >= 11 is 0. The standard InChI is InChI=1S/C18H15N3/c1-3-7-14(8-4-1)18(15-9-5-2-6-10-15)12-11-16-17(13-18)20-21-19-16/h1-12H,13H2,(H,19,20,21). The van der Waals surface area contributed by atoms with Crippen LogP contribution in [0.2, 0.25) is 0 Å². The zero-order valence-electron chi connectivity index (χ0n) is 11.5. The van der Waals surface area contributed by atoms with Crippen LogP contribution < -0.4 is 0 Å². The highest BCUT2D eigenvalue weighted by atomic mass is 15.3. The summed E-state index contributed by atoms with van der Waals surface area (Å²) in [6.45, 7) is 0. The molecule has 0 saturated carbocycles. The monoisotopic (exact) mass is 273 g/mol. The molecule has 3 aromatic rings. The second-order valence-corrected chi connectivity index (χ2v) is 5.37. The molecule has 0 spiro atoms. The van der Waals surface area contributed by atoms with Gasteiger partial charge in [-0.2, -0.15) is 15.4 Å². The van der Waals surface area contributed by atoms with Crippen LogP contribution >= 0.6 is 0 Å². The van der Waals surface area contributed by atoms with Gasteiger partial charge in [0.15, 0.2) is 0 Å². The van der Waals surface area contributed by atoms with Crippen LogP contribution in [0.3, 0.4) is 0 Å². The van der Waals surface area contributed by atoms with Gasteiger partial charge in [-0.1, -0.05) is 66.7 Å². The zero-order valence-corrected chi connectivity index (χ0v) is 11.5.